The molecule has 0 radical (unpaired) electrons. The maximum atomic E-state index is 14.0. The lowest BCUT2D eigenvalue weighted by Gasteiger charge is -2.15. The number of hydrogen-bond acceptors (Lipinski definition) is 1. The average Bonchev–Trinajstić information content (AvgIpc) is 2.76. The third-order valence-corrected chi connectivity index (χ3v) is 4.06. The number of aromatic amines is 1. The number of benzene rings is 2. The summed E-state index contributed by atoms with van der Waals surface area (Å²) < 4.78 is 16.4. The SMILES string of the molecule is CC(c1ccccc1F)n1c(=S)[nH]c2c(Cl)cccc21. The molecule has 1 N–H and O–H groups in total. The van der Waals surface area contributed by atoms with E-state index < -0.39 is 0 Å². The second-order valence-corrected chi connectivity index (χ2v) is 5.43. The fourth-order valence-corrected chi connectivity index (χ4v) is 3.03. The summed E-state index contributed by atoms with van der Waals surface area (Å²) in [4.78, 5) is 3.09. The Labute approximate surface area is 125 Å². The van der Waals surface area contributed by atoms with Crippen molar-refractivity contribution in [3.63, 3.8) is 0 Å². The molecule has 2 aromatic carbocycles. The molecule has 0 aliphatic heterocycles. The van der Waals surface area contributed by atoms with E-state index in [9.17, 15) is 4.39 Å². The fraction of sp³-hybridized carbons (Fsp3) is 0.133. The van der Waals surface area contributed by atoms with Gasteiger partial charge in [-0.25, -0.2) is 4.39 Å². The first-order valence-corrected chi connectivity index (χ1v) is 7.01. The number of fused-ring (bicyclic) bond motifs is 1. The molecule has 1 unspecified atom stereocenters. The van der Waals surface area contributed by atoms with Crippen LogP contribution in [0.4, 0.5) is 4.39 Å². The number of aromatic nitrogens is 2. The Kier molecular flexibility index (Phi) is 3.36. The van der Waals surface area contributed by atoms with Gasteiger partial charge in [0, 0.05) is 5.56 Å². The maximum Gasteiger partial charge on any atom is 0.178 e. The molecule has 102 valence electrons. The van der Waals surface area contributed by atoms with Crippen molar-refractivity contribution in [1.29, 1.82) is 0 Å². The Morgan fingerprint density at radius 3 is 2.70 bits per heavy atom. The topological polar surface area (TPSA) is 20.7 Å². The van der Waals surface area contributed by atoms with Crippen LogP contribution in [0.5, 0.6) is 0 Å². The summed E-state index contributed by atoms with van der Waals surface area (Å²) in [5.74, 6) is -0.238. The molecule has 3 aromatic rings. The number of para-hydroxylation sites is 1. The third kappa shape index (κ3) is 2.05. The van der Waals surface area contributed by atoms with E-state index in [1.165, 1.54) is 6.07 Å². The minimum absolute atomic E-state index is 0.212. The molecule has 5 heteroatoms. The zero-order valence-corrected chi connectivity index (χ0v) is 12.3. The molecule has 1 aromatic heterocycles. The minimum atomic E-state index is -0.238. The summed E-state index contributed by atoms with van der Waals surface area (Å²) in [5.41, 5.74) is 2.25. The first-order chi connectivity index (χ1) is 9.59. The van der Waals surface area contributed by atoms with E-state index in [4.69, 9.17) is 23.8 Å². The molecule has 0 bridgehead atoms. The highest BCUT2D eigenvalue weighted by atomic mass is 35.5. The van der Waals surface area contributed by atoms with E-state index in [1.807, 2.05) is 29.7 Å². The quantitative estimate of drug-likeness (QED) is 0.653. The van der Waals surface area contributed by atoms with Gasteiger partial charge in [-0.3, -0.25) is 0 Å². The number of rotatable bonds is 2. The number of halogens is 2. The first-order valence-electron chi connectivity index (χ1n) is 6.22. The van der Waals surface area contributed by atoms with Gasteiger partial charge >= 0.3 is 0 Å². The van der Waals surface area contributed by atoms with Crippen molar-refractivity contribution in [2.75, 3.05) is 0 Å². The van der Waals surface area contributed by atoms with Crippen molar-refractivity contribution in [3.05, 3.63) is 63.6 Å². The summed E-state index contributed by atoms with van der Waals surface area (Å²) in [7, 11) is 0. The van der Waals surface area contributed by atoms with Crippen LogP contribution in [-0.2, 0) is 0 Å². The minimum Gasteiger partial charge on any atom is -0.329 e. The van der Waals surface area contributed by atoms with Gasteiger partial charge in [0.15, 0.2) is 4.77 Å². The van der Waals surface area contributed by atoms with Crippen LogP contribution in [0.1, 0.15) is 18.5 Å². The van der Waals surface area contributed by atoms with Crippen molar-refractivity contribution in [1.82, 2.24) is 9.55 Å². The molecule has 0 amide bonds. The van der Waals surface area contributed by atoms with Crippen molar-refractivity contribution in [2.24, 2.45) is 0 Å². The zero-order valence-electron chi connectivity index (χ0n) is 10.7. The highest BCUT2D eigenvalue weighted by Gasteiger charge is 2.16. The summed E-state index contributed by atoms with van der Waals surface area (Å²) in [6.45, 7) is 1.92. The normalized spacial score (nSPS) is 12.8. The summed E-state index contributed by atoms with van der Waals surface area (Å²) in [6, 6.07) is 12.1. The Bertz CT molecular complexity index is 837. The first kappa shape index (κ1) is 13.3. The molecule has 1 heterocycles. The standard InChI is InChI=1S/C15H12ClFN2S/c1-9(10-5-2-3-7-12(10)17)19-13-8-4-6-11(16)14(13)18-15(19)20/h2-9H,1H3,(H,18,20). The molecule has 0 spiro atoms. The van der Waals surface area contributed by atoms with E-state index in [1.54, 1.807) is 18.2 Å². The number of H-pyrrole nitrogens is 1. The van der Waals surface area contributed by atoms with Gasteiger partial charge in [0.25, 0.3) is 0 Å². The molecule has 1 atom stereocenters. The lowest BCUT2D eigenvalue weighted by Crippen LogP contribution is -2.08. The van der Waals surface area contributed by atoms with E-state index in [2.05, 4.69) is 4.98 Å². The molecule has 0 aliphatic carbocycles. The van der Waals surface area contributed by atoms with Gasteiger partial charge < -0.3 is 9.55 Å². The van der Waals surface area contributed by atoms with Crippen molar-refractivity contribution in [2.45, 2.75) is 13.0 Å². The van der Waals surface area contributed by atoms with E-state index in [0.29, 0.717) is 15.4 Å². The van der Waals surface area contributed by atoms with Crippen LogP contribution >= 0.6 is 23.8 Å². The van der Waals surface area contributed by atoms with Gasteiger partial charge in [0.05, 0.1) is 22.1 Å². The molecule has 0 saturated carbocycles. The number of hydrogen-bond donors (Lipinski definition) is 1. The van der Waals surface area contributed by atoms with Crippen molar-refractivity contribution >= 4 is 34.9 Å². The molecule has 0 saturated heterocycles. The third-order valence-electron chi connectivity index (χ3n) is 3.44. The maximum absolute atomic E-state index is 14.0. The van der Waals surface area contributed by atoms with Crippen LogP contribution < -0.4 is 0 Å². The van der Waals surface area contributed by atoms with Crippen LogP contribution in [0.2, 0.25) is 5.02 Å². The Balaban J connectivity index is 2.25. The number of nitrogens with zero attached hydrogens (tertiary/aromatic N) is 1. The van der Waals surface area contributed by atoms with Gasteiger partial charge in [-0.2, -0.15) is 0 Å². The van der Waals surface area contributed by atoms with Gasteiger partial charge in [-0.15, -0.1) is 0 Å². The smallest absolute Gasteiger partial charge is 0.178 e. The molecule has 0 fully saturated rings. The Morgan fingerprint density at radius 1 is 1.20 bits per heavy atom. The second-order valence-electron chi connectivity index (χ2n) is 4.63. The van der Waals surface area contributed by atoms with Gasteiger partial charge in [-0.05, 0) is 37.3 Å². The summed E-state index contributed by atoms with van der Waals surface area (Å²) in [5, 5.41) is 0.605. The van der Waals surface area contributed by atoms with Crippen LogP contribution in [0.25, 0.3) is 11.0 Å². The largest absolute Gasteiger partial charge is 0.329 e. The van der Waals surface area contributed by atoms with Crippen LogP contribution in [0.3, 0.4) is 0 Å². The second kappa shape index (κ2) is 5.04. The van der Waals surface area contributed by atoms with Crippen molar-refractivity contribution in [3.8, 4) is 0 Å². The Morgan fingerprint density at radius 2 is 1.95 bits per heavy atom. The van der Waals surface area contributed by atoms with Gasteiger partial charge in [0.2, 0.25) is 0 Å². The molecule has 0 aliphatic rings. The predicted molar refractivity (Wildman–Crippen MR) is 82.3 cm³/mol. The fourth-order valence-electron chi connectivity index (χ4n) is 2.45. The van der Waals surface area contributed by atoms with Crippen LogP contribution in [-0.4, -0.2) is 9.55 Å². The van der Waals surface area contributed by atoms with Crippen LogP contribution in [0.15, 0.2) is 42.5 Å². The summed E-state index contributed by atoms with van der Waals surface area (Å²) >= 11 is 11.5. The monoisotopic (exact) mass is 306 g/mol. The lowest BCUT2D eigenvalue weighted by atomic mass is 10.1. The zero-order chi connectivity index (χ0) is 14.3. The molecular formula is C15H12ClFN2S. The number of nitrogens with one attached hydrogen (secondary N) is 1. The van der Waals surface area contributed by atoms with Crippen LogP contribution in [0, 0.1) is 10.6 Å². The van der Waals surface area contributed by atoms with Gasteiger partial charge in [0.1, 0.15) is 5.82 Å². The van der Waals surface area contributed by atoms with Crippen molar-refractivity contribution < 1.29 is 4.39 Å². The predicted octanol–water partition coefficient (Wildman–Crippen LogP) is 5.10. The molecule has 20 heavy (non-hydrogen) atoms. The summed E-state index contributed by atoms with van der Waals surface area (Å²) in [6.07, 6.45) is 0. The average molecular weight is 307 g/mol. The van der Waals surface area contributed by atoms with E-state index in [0.717, 1.165) is 11.0 Å². The van der Waals surface area contributed by atoms with E-state index >= 15 is 0 Å². The highest BCUT2D eigenvalue weighted by Crippen LogP contribution is 2.29. The molecular weight excluding hydrogens is 295 g/mol. The Hall–Kier alpha value is -1.65. The highest BCUT2D eigenvalue weighted by molar-refractivity contribution is 7.71. The molecule has 2 nitrogen and oxygen atoms in total. The lowest BCUT2D eigenvalue weighted by molar-refractivity contribution is 0.561. The van der Waals surface area contributed by atoms with E-state index in [-0.39, 0.29) is 11.9 Å². The molecule has 3 rings (SSSR count). The van der Waals surface area contributed by atoms with Gasteiger partial charge in [-0.1, -0.05) is 35.9 Å². The number of imidazole rings is 1.